The number of carbonyl (C=O) groups excluding carboxylic acids is 3. The van der Waals surface area contributed by atoms with Gasteiger partial charge in [-0.15, -0.1) is 0 Å². The van der Waals surface area contributed by atoms with Gasteiger partial charge in [-0.1, -0.05) is 12.7 Å². The molecule has 3 rings (SSSR count). The van der Waals surface area contributed by atoms with Crippen molar-refractivity contribution in [2.24, 2.45) is 5.92 Å². The van der Waals surface area contributed by atoms with Crippen LogP contribution in [-0.4, -0.2) is 35.5 Å². The first-order chi connectivity index (χ1) is 12.2. The van der Waals surface area contributed by atoms with Crippen LogP contribution in [0.5, 0.6) is 0 Å². The minimum atomic E-state index is -1.11. The van der Waals surface area contributed by atoms with Gasteiger partial charge < -0.3 is 14.2 Å². The Morgan fingerprint density at radius 1 is 1.42 bits per heavy atom. The van der Waals surface area contributed by atoms with Crippen LogP contribution in [0, 0.1) is 5.92 Å². The molecule has 0 spiro atoms. The first kappa shape index (κ1) is 18.2. The third-order valence-electron chi connectivity index (χ3n) is 5.19. The average Bonchev–Trinajstić information content (AvgIpc) is 3.03. The van der Waals surface area contributed by atoms with Crippen molar-refractivity contribution in [3.8, 4) is 0 Å². The number of allylic oxidation sites excluding steroid dienone is 2. The number of carbonyl (C=O) groups is 3. The molecule has 6 heteroatoms. The first-order valence-corrected chi connectivity index (χ1v) is 8.54. The molecule has 4 atom stereocenters. The van der Waals surface area contributed by atoms with Gasteiger partial charge in [-0.2, -0.15) is 0 Å². The standard InChI is InChI=1S/C20H22O6/c1-6-10(2)18(22)24-14-7-11(3)13-8-16(21)20(5,26-13)9-15-17(14)12(4)19(23)25-15/h6-8,14-15,17H,4,9H2,1-3,5H3. The number of ether oxygens (including phenoxy) is 3. The second kappa shape index (κ2) is 6.27. The Labute approximate surface area is 152 Å². The van der Waals surface area contributed by atoms with Gasteiger partial charge in [0.05, 0.1) is 5.92 Å². The van der Waals surface area contributed by atoms with Crippen LogP contribution >= 0.6 is 0 Å². The van der Waals surface area contributed by atoms with E-state index in [2.05, 4.69) is 6.58 Å². The topological polar surface area (TPSA) is 78.9 Å². The molecule has 3 heterocycles. The zero-order valence-corrected chi connectivity index (χ0v) is 15.3. The quantitative estimate of drug-likeness (QED) is 0.558. The fourth-order valence-electron chi connectivity index (χ4n) is 3.41. The van der Waals surface area contributed by atoms with E-state index in [1.807, 2.05) is 0 Å². The highest BCUT2D eigenvalue weighted by Crippen LogP contribution is 2.42. The molecular weight excluding hydrogens is 336 g/mol. The summed E-state index contributed by atoms with van der Waals surface area (Å²) in [5.74, 6) is -1.32. The molecule has 0 aliphatic carbocycles. The van der Waals surface area contributed by atoms with Gasteiger partial charge in [-0.25, -0.2) is 9.59 Å². The lowest BCUT2D eigenvalue weighted by atomic mass is 9.83. The lowest BCUT2D eigenvalue weighted by Crippen LogP contribution is -2.41. The van der Waals surface area contributed by atoms with E-state index in [-0.39, 0.29) is 17.8 Å². The van der Waals surface area contributed by atoms with Crippen molar-refractivity contribution < 1.29 is 28.6 Å². The van der Waals surface area contributed by atoms with Crippen LogP contribution in [0.15, 0.2) is 47.3 Å². The number of ketones is 1. The number of rotatable bonds is 2. The van der Waals surface area contributed by atoms with E-state index >= 15 is 0 Å². The summed E-state index contributed by atoms with van der Waals surface area (Å²) < 4.78 is 17.0. The van der Waals surface area contributed by atoms with Gasteiger partial charge in [0.2, 0.25) is 5.78 Å². The molecule has 6 nitrogen and oxygen atoms in total. The van der Waals surface area contributed by atoms with E-state index in [9.17, 15) is 14.4 Å². The van der Waals surface area contributed by atoms with Gasteiger partial charge in [0.25, 0.3) is 0 Å². The number of hydrogen-bond acceptors (Lipinski definition) is 6. The Kier molecular flexibility index (Phi) is 4.38. The monoisotopic (exact) mass is 358 g/mol. The fraction of sp³-hybridized carbons (Fsp3) is 0.450. The molecule has 0 amide bonds. The van der Waals surface area contributed by atoms with Crippen molar-refractivity contribution >= 4 is 17.7 Å². The van der Waals surface area contributed by atoms with Crippen LogP contribution in [-0.2, 0) is 28.6 Å². The Balaban J connectivity index is 2.06. The van der Waals surface area contributed by atoms with E-state index in [0.29, 0.717) is 16.9 Å². The summed E-state index contributed by atoms with van der Waals surface area (Å²) in [6.45, 7) is 10.7. The second-order valence-electron chi connectivity index (χ2n) is 7.10. The normalized spacial score (nSPS) is 33.9. The van der Waals surface area contributed by atoms with Gasteiger partial charge in [0.1, 0.15) is 18.0 Å². The number of fused-ring (bicyclic) bond motifs is 3. The molecule has 0 aromatic heterocycles. The lowest BCUT2D eigenvalue weighted by Gasteiger charge is -2.29. The molecule has 1 fully saturated rings. The van der Waals surface area contributed by atoms with E-state index < -0.39 is 35.7 Å². The molecule has 0 aromatic rings. The van der Waals surface area contributed by atoms with Crippen molar-refractivity contribution in [2.75, 3.05) is 0 Å². The Hall–Kier alpha value is -2.63. The van der Waals surface area contributed by atoms with Gasteiger partial charge in [-0.3, -0.25) is 4.79 Å². The molecule has 26 heavy (non-hydrogen) atoms. The van der Waals surface area contributed by atoms with Crippen molar-refractivity contribution in [1.29, 1.82) is 0 Å². The minimum absolute atomic E-state index is 0.166. The zero-order chi connectivity index (χ0) is 19.2. The largest absolute Gasteiger partial charge is 0.479 e. The maximum atomic E-state index is 12.4. The predicted octanol–water partition coefficient (Wildman–Crippen LogP) is 2.55. The number of esters is 2. The highest BCUT2D eigenvalue weighted by Gasteiger charge is 2.52. The van der Waals surface area contributed by atoms with E-state index in [1.165, 1.54) is 6.08 Å². The third kappa shape index (κ3) is 2.89. The molecule has 0 N–H and O–H groups in total. The Morgan fingerprint density at radius 3 is 2.77 bits per heavy atom. The highest BCUT2D eigenvalue weighted by atomic mass is 16.6. The Bertz CT molecular complexity index is 799. The fourth-order valence-corrected chi connectivity index (χ4v) is 3.41. The molecule has 3 aliphatic rings. The van der Waals surface area contributed by atoms with Crippen LogP contribution in [0.2, 0.25) is 0 Å². The van der Waals surface area contributed by atoms with Crippen LogP contribution < -0.4 is 0 Å². The molecule has 3 aliphatic heterocycles. The molecule has 0 aromatic carbocycles. The van der Waals surface area contributed by atoms with Crippen LogP contribution in [0.4, 0.5) is 0 Å². The minimum Gasteiger partial charge on any atom is -0.479 e. The second-order valence-corrected chi connectivity index (χ2v) is 7.10. The molecule has 0 radical (unpaired) electrons. The van der Waals surface area contributed by atoms with Gasteiger partial charge in [0.15, 0.2) is 5.60 Å². The molecule has 138 valence electrons. The third-order valence-corrected chi connectivity index (χ3v) is 5.19. The summed E-state index contributed by atoms with van der Waals surface area (Å²) in [5, 5.41) is 0. The summed E-state index contributed by atoms with van der Waals surface area (Å²) in [6, 6.07) is 0. The summed E-state index contributed by atoms with van der Waals surface area (Å²) in [6.07, 6.45) is 3.55. The predicted molar refractivity (Wildman–Crippen MR) is 92.8 cm³/mol. The summed E-state index contributed by atoms with van der Waals surface area (Å²) >= 11 is 0. The van der Waals surface area contributed by atoms with Crippen molar-refractivity contribution in [2.45, 2.75) is 51.9 Å². The van der Waals surface area contributed by atoms with E-state index in [4.69, 9.17) is 14.2 Å². The molecule has 0 saturated carbocycles. The van der Waals surface area contributed by atoms with E-state index in [1.54, 1.807) is 39.8 Å². The lowest BCUT2D eigenvalue weighted by molar-refractivity contribution is -0.148. The SMILES string of the molecule is C=C1C(=O)OC2CC3(C)OC(=CC3=O)C(C)=CC(OC(=O)C(C)=CC)C12. The van der Waals surface area contributed by atoms with Crippen molar-refractivity contribution in [1.82, 2.24) is 0 Å². The van der Waals surface area contributed by atoms with Gasteiger partial charge in [-0.05, 0) is 39.3 Å². The number of hydrogen-bond donors (Lipinski definition) is 0. The maximum Gasteiger partial charge on any atom is 0.334 e. The van der Waals surface area contributed by atoms with Crippen LogP contribution in [0.1, 0.15) is 34.1 Å². The van der Waals surface area contributed by atoms with Crippen molar-refractivity contribution in [3.63, 3.8) is 0 Å². The van der Waals surface area contributed by atoms with Crippen LogP contribution in [0.25, 0.3) is 0 Å². The maximum absolute atomic E-state index is 12.4. The molecular formula is C20H22O6. The summed E-state index contributed by atoms with van der Waals surface area (Å²) in [7, 11) is 0. The summed E-state index contributed by atoms with van der Waals surface area (Å²) in [4.78, 5) is 36.8. The first-order valence-electron chi connectivity index (χ1n) is 8.54. The zero-order valence-electron chi connectivity index (χ0n) is 15.3. The van der Waals surface area contributed by atoms with Gasteiger partial charge >= 0.3 is 11.9 Å². The average molecular weight is 358 g/mol. The van der Waals surface area contributed by atoms with E-state index in [0.717, 1.165) is 0 Å². The smallest absolute Gasteiger partial charge is 0.334 e. The van der Waals surface area contributed by atoms with Gasteiger partial charge in [0, 0.05) is 23.6 Å². The highest BCUT2D eigenvalue weighted by molar-refractivity contribution is 6.00. The Morgan fingerprint density at radius 2 is 2.12 bits per heavy atom. The van der Waals surface area contributed by atoms with Crippen LogP contribution in [0.3, 0.4) is 0 Å². The van der Waals surface area contributed by atoms with Crippen molar-refractivity contribution in [3.05, 3.63) is 47.3 Å². The summed E-state index contributed by atoms with van der Waals surface area (Å²) in [5.41, 5.74) is 0.238. The molecule has 4 unspecified atom stereocenters. The molecule has 1 saturated heterocycles. The molecule has 2 bridgehead atoms.